The van der Waals surface area contributed by atoms with Gasteiger partial charge in [0.2, 0.25) is 0 Å². The van der Waals surface area contributed by atoms with Crippen molar-refractivity contribution in [3.05, 3.63) is 96.1 Å². The first-order chi connectivity index (χ1) is 12.3. The van der Waals surface area contributed by atoms with Crippen LogP contribution in [0.4, 0.5) is 0 Å². The summed E-state index contributed by atoms with van der Waals surface area (Å²) in [5.41, 5.74) is 5.90. The van der Waals surface area contributed by atoms with Gasteiger partial charge in [-0.15, -0.1) is 0 Å². The fourth-order valence-electron chi connectivity index (χ4n) is 2.74. The second-order valence-corrected chi connectivity index (χ2v) is 6.15. The minimum Gasteiger partial charge on any atom is -0.255 e. The molecular weight excluding hydrogens is 328 g/mol. The Morgan fingerprint density at radius 1 is 0.560 bits per heavy atom. The minimum atomic E-state index is 0.716. The third kappa shape index (κ3) is 3.44. The molecule has 4 rings (SSSR count). The molecule has 4 aromatic rings. The van der Waals surface area contributed by atoms with Crippen LogP contribution in [0.25, 0.3) is 33.8 Å². The van der Waals surface area contributed by atoms with Crippen LogP contribution >= 0.6 is 11.6 Å². The van der Waals surface area contributed by atoms with E-state index in [0.717, 1.165) is 33.8 Å². The molecule has 0 atom stereocenters. The van der Waals surface area contributed by atoms with Crippen molar-refractivity contribution in [3.63, 3.8) is 0 Å². The standard InChI is InChI=1S/C22H15ClN2/c23-19-11-9-17(10-12-19)21-14-18(16-6-2-1-3-7-16)15-22(25-21)20-8-4-5-13-24-20/h1-15H. The summed E-state index contributed by atoms with van der Waals surface area (Å²) in [6.45, 7) is 0. The first-order valence-corrected chi connectivity index (χ1v) is 8.42. The molecule has 2 nitrogen and oxygen atoms in total. The predicted molar refractivity (Wildman–Crippen MR) is 103 cm³/mol. The number of hydrogen-bond acceptors (Lipinski definition) is 2. The Hall–Kier alpha value is -2.97. The van der Waals surface area contributed by atoms with Crippen LogP contribution < -0.4 is 0 Å². The summed E-state index contributed by atoms with van der Waals surface area (Å²) >= 11 is 6.02. The number of nitrogens with zero attached hydrogens (tertiary/aromatic N) is 2. The molecule has 0 amide bonds. The number of hydrogen-bond donors (Lipinski definition) is 0. The van der Waals surface area contributed by atoms with E-state index in [0.29, 0.717) is 5.02 Å². The van der Waals surface area contributed by atoms with E-state index in [1.807, 2.05) is 60.7 Å². The molecule has 2 aromatic heterocycles. The van der Waals surface area contributed by atoms with Crippen molar-refractivity contribution in [1.29, 1.82) is 0 Å². The van der Waals surface area contributed by atoms with E-state index >= 15 is 0 Å². The lowest BCUT2D eigenvalue weighted by Gasteiger charge is -2.10. The summed E-state index contributed by atoms with van der Waals surface area (Å²) in [4.78, 5) is 9.27. The molecular formula is C22H15ClN2. The molecule has 0 aliphatic carbocycles. The van der Waals surface area contributed by atoms with Crippen LogP contribution in [-0.2, 0) is 0 Å². The third-order valence-electron chi connectivity index (χ3n) is 4.00. The topological polar surface area (TPSA) is 25.8 Å². The molecule has 0 saturated heterocycles. The lowest BCUT2D eigenvalue weighted by molar-refractivity contribution is 1.25. The number of pyridine rings is 2. The van der Waals surface area contributed by atoms with Crippen LogP contribution in [-0.4, -0.2) is 9.97 Å². The van der Waals surface area contributed by atoms with E-state index in [4.69, 9.17) is 16.6 Å². The normalized spacial score (nSPS) is 10.6. The van der Waals surface area contributed by atoms with Crippen molar-refractivity contribution in [2.75, 3.05) is 0 Å². The minimum absolute atomic E-state index is 0.716. The second-order valence-electron chi connectivity index (χ2n) is 5.71. The molecule has 0 radical (unpaired) electrons. The molecule has 0 fully saturated rings. The van der Waals surface area contributed by atoms with Gasteiger partial charge in [0.05, 0.1) is 17.1 Å². The highest BCUT2D eigenvalue weighted by atomic mass is 35.5. The SMILES string of the molecule is Clc1ccc(-c2cc(-c3ccccc3)cc(-c3ccccn3)n2)cc1. The van der Waals surface area contributed by atoms with Crippen LogP contribution in [0.3, 0.4) is 0 Å². The molecule has 2 heterocycles. The van der Waals surface area contributed by atoms with Crippen LogP contribution in [0.2, 0.25) is 5.02 Å². The maximum absolute atomic E-state index is 6.02. The molecule has 0 unspecified atom stereocenters. The fraction of sp³-hybridized carbons (Fsp3) is 0. The Morgan fingerprint density at radius 2 is 1.28 bits per heavy atom. The van der Waals surface area contributed by atoms with Gasteiger partial charge in [-0.2, -0.15) is 0 Å². The largest absolute Gasteiger partial charge is 0.255 e. The number of rotatable bonds is 3. The van der Waals surface area contributed by atoms with Crippen LogP contribution in [0.1, 0.15) is 0 Å². The first-order valence-electron chi connectivity index (χ1n) is 8.04. The Morgan fingerprint density at radius 3 is 2.00 bits per heavy atom. The van der Waals surface area contributed by atoms with Crippen LogP contribution in [0.15, 0.2) is 91.1 Å². The van der Waals surface area contributed by atoms with Gasteiger partial charge in [0, 0.05) is 16.8 Å². The smallest absolute Gasteiger partial charge is 0.0899 e. The van der Waals surface area contributed by atoms with Crippen molar-refractivity contribution in [2.24, 2.45) is 0 Å². The Balaban J connectivity index is 1.90. The quantitative estimate of drug-likeness (QED) is 0.447. The molecule has 0 N–H and O–H groups in total. The average molecular weight is 343 g/mol. The highest BCUT2D eigenvalue weighted by molar-refractivity contribution is 6.30. The molecule has 0 bridgehead atoms. The maximum atomic E-state index is 6.02. The molecule has 0 aliphatic rings. The van der Waals surface area contributed by atoms with Crippen molar-refractivity contribution in [1.82, 2.24) is 9.97 Å². The lowest BCUT2D eigenvalue weighted by atomic mass is 10.0. The van der Waals surface area contributed by atoms with Crippen LogP contribution in [0, 0.1) is 0 Å². The van der Waals surface area contributed by atoms with Gasteiger partial charge in [-0.05, 0) is 47.5 Å². The molecule has 120 valence electrons. The van der Waals surface area contributed by atoms with Crippen molar-refractivity contribution < 1.29 is 0 Å². The molecule has 25 heavy (non-hydrogen) atoms. The number of aromatic nitrogens is 2. The predicted octanol–water partition coefficient (Wildman–Crippen LogP) is 6.13. The summed E-state index contributed by atoms with van der Waals surface area (Å²) in [7, 11) is 0. The third-order valence-corrected chi connectivity index (χ3v) is 4.25. The van der Waals surface area contributed by atoms with E-state index in [1.54, 1.807) is 6.20 Å². The van der Waals surface area contributed by atoms with Gasteiger partial charge in [-0.25, -0.2) is 4.98 Å². The monoisotopic (exact) mass is 342 g/mol. The highest BCUT2D eigenvalue weighted by Gasteiger charge is 2.09. The summed E-state index contributed by atoms with van der Waals surface area (Å²) in [5.74, 6) is 0. The van der Waals surface area contributed by atoms with E-state index < -0.39 is 0 Å². The molecule has 3 heteroatoms. The van der Waals surface area contributed by atoms with E-state index in [9.17, 15) is 0 Å². The van der Waals surface area contributed by atoms with Gasteiger partial charge < -0.3 is 0 Å². The zero-order valence-corrected chi connectivity index (χ0v) is 14.2. The van der Waals surface area contributed by atoms with Crippen LogP contribution in [0.5, 0.6) is 0 Å². The Bertz CT molecular complexity index is 924. The molecule has 0 spiro atoms. The van der Waals surface area contributed by atoms with Crippen molar-refractivity contribution in [2.45, 2.75) is 0 Å². The van der Waals surface area contributed by atoms with Gasteiger partial charge in [-0.1, -0.05) is 60.1 Å². The van der Waals surface area contributed by atoms with Crippen molar-refractivity contribution >= 4 is 11.6 Å². The van der Waals surface area contributed by atoms with Gasteiger partial charge in [0.25, 0.3) is 0 Å². The maximum Gasteiger partial charge on any atom is 0.0899 e. The molecule has 0 aliphatic heterocycles. The molecule has 2 aromatic carbocycles. The Labute approximate surface area is 151 Å². The summed E-state index contributed by atoms with van der Waals surface area (Å²) in [5, 5.41) is 0.716. The highest BCUT2D eigenvalue weighted by Crippen LogP contribution is 2.29. The average Bonchev–Trinajstić information content (AvgIpc) is 2.69. The second kappa shape index (κ2) is 6.88. The van der Waals surface area contributed by atoms with Gasteiger partial charge >= 0.3 is 0 Å². The van der Waals surface area contributed by atoms with Gasteiger partial charge in [0.1, 0.15) is 0 Å². The summed E-state index contributed by atoms with van der Waals surface area (Å²) in [6.07, 6.45) is 1.79. The zero-order chi connectivity index (χ0) is 17.1. The van der Waals surface area contributed by atoms with Gasteiger partial charge in [0.15, 0.2) is 0 Å². The number of halogens is 1. The zero-order valence-electron chi connectivity index (χ0n) is 13.4. The molecule has 0 saturated carbocycles. The summed E-state index contributed by atoms with van der Waals surface area (Å²) in [6, 6.07) is 28.1. The van der Waals surface area contributed by atoms with Gasteiger partial charge in [-0.3, -0.25) is 4.98 Å². The fourth-order valence-corrected chi connectivity index (χ4v) is 2.87. The summed E-state index contributed by atoms with van der Waals surface area (Å²) < 4.78 is 0. The van der Waals surface area contributed by atoms with Crippen molar-refractivity contribution in [3.8, 4) is 33.8 Å². The Kier molecular flexibility index (Phi) is 4.28. The van der Waals surface area contributed by atoms with E-state index in [-0.39, 0.29) is 0 Å². The lowest BCUT2D eigenvalue weighted by Crippen LogP contribution is -1.92. The van der Waals surface area contributed by atoms with E-state index in [1.165, 1.54) is 0 Å². The first kappa shape index (κ1) is 15.6. The number of benzene rings is 2. The van der Waals surface area contributed by atoms with E-state index in [2.05, 4.69) is 29.2 Å².